The lowest BCUT2D eigenvalue weighted by Gasteiger charge is -2.26. The molecule has 1 N–H and O–H groups in total. The molecule has 0 bridgehead atoms. The van der Waals surface area contributed by atoms with E-state index in [-0.39, 0.29) is 18.4 Å². The predicted molar refractivity (Wildman–Crippen MR) is 99.7 cm³/mol. The first kappa shape index (κ1) is 17.1. The molecule has 0 saturated heterocycles. The minimum absolute atomic E-state index is 0.131. The fraction of sp³-hybridized carbons (Fsp3) is 0.238. The van der Waals surface area contributed by atoms with Crippen LogP contribution in [-0.2, 0) is 11.2 Å². The maximum absolute atomic E-state index is 12.3. The second-order valence-corrected chi connectivity index (χ2v) is 6.37. The molecule has 1 amide bonds. The van der Waals surface area contributed by atoms with Crippen LogP contribution in [0.5, 0.6) is 11.5 Å². The number of ether oxygens (including phenoxy) is 2. The lowest BCUT2D eigenvalue weighted by atomic mass is 10.2. The number of nitrogens with zero attached hydrogens (tertiary/aromatic N) is 1. The smallest absolute Gasteiger partial charge is 0.226 e. The Balaban J connectivity index is 1.33. The van der Waals surface area contributed by atoms with Crippen LogP contribution in [0.15, 0.2) is 59.0 Å². The molecule has 0 fully saturated rings. The number of rotatable bonds is 5. The summed E-state index contributed by atoms with van der Waals surface area (Å²) in [7, 11) is 0. The van der Waals surface area contributed by atoms with E-state index in [1.54, 1.807) is 0 Å². The number of fused-ring (bicyclic) bond motifs is 1. The highest BCUT2D eigenvalue weighted by Gasteiger charge is 2.21. The molecule has 1 unspecified atom stereocenters. The van der Waals surface area contributed by atoms with Gasteiger partial charge in [-0.05, 0) is 31.2 Å². The zero-order chi connectivity index (χ0) is 18.6. The van der Waals surface area contributed by atoms with Crippen molar-refractivity contribution in [1.29, 1.82) is 0 Å². The van der Waals surface area contributed by atoms with Crippen LogP contribution in [0.3, 0.4) is 0 Å². The van der Waals surface area contributed by atoms with Crippen LogP contribution in [0, 0.1) is 6.92 Å². The summed E-state index contributed by atoms with van der Waals surface area (Å²) >= 11 is 0. The summed E-state index contributed by atoms with van der Waals surface area (Å²) in [6.07, 6.45) is -0.0612. The number of benzene rings is 2. The second kappa shape index (κ2) is 7.53. The van der Waals surface area contributed by atoms with Crippen molar-refractivity contribution in [2.75, 3.05) is 13.2 Å². The zero-order valence-electron chi connectivity index (χ0n) is 15.0. The number of para-hydroxylation sites is 2. The Morgan fingerprint density at radius 2 is 1.85 bits per heavy atom. The van der Waals surface area contributed by atoms with Gasteiger partial charge in [-0.15, -0.1) is 0 Å². The van der Waals surface area contributed by atoms with Gasteiger partial charge in [0.1, 0.15) is 18.5 Å². The number of nitrogens with one attached hydrogen (secondary N) is 1. The summed E-state index contributed by atoms with van der Waals surface area (Å²) < 4.78 is 17.2. The number of hydrogen-bond donors (Lipinski definition) is 1. The largest absolute Gasteiger partial charge is 0.486 e. The molecule has 1 aliphatic rings. The molecule has 1 aromatic heterocycles. The van der Waals surface area contributed by atoms with Crippen molar-refractivity contribution >= 4 is 5.91 Å². The average Bonchev–Trinajstić information content (AvgIpc) is 3.07. The lowest BCUT2D eigenvalue weighted by molar-refractivity contribution is -0.121. The normalized spacial score (nSPS) is 15.4. The molecule has 138 valence electrons. The van der Waals surface area contributed by atoms with Crippen molar-refractivity contribution in [1.82, 2.24) is 10.3 Å². The third kappa shape index (κ3) is 3.95. The van der Waals surface area contributed by atoms with Crippen molar-refractivity contribution in [3.63, 3.8) is 0 Å². The Morgan fingerprint density at radius 3 is 2.67 bits per heavy atom. The van der Waals surface area contributed by atoms with Crippen LogP contribution in [0.4, 0.5) is 0 Å². The number of aromatic nitrogens is 1. The molecule has 1 aliphatic heterocycles. The first-order chi connectivity index (χ1) is 13.2. The Morgan fingerprint density at radius 1 is 1.11 bits per heavy atom. The van der Waals surface area contributed by atoms with Crippen molar-refractivity contribution < 1.29 is 18.7 Å². The van der Waals surface area contributed by atoms with Crippen molar-refractivity contribution in [2.24, 2.45) is 0 Å². The molecular weight excluding hydrogens is 344 g/mol. The van der Waals surface area contributed by atoms with E-state index in [2.05, 4.69) is 10.3 Å². The summed E-state index contributed by atoms with van der Waals surface area (Å²) in [4.78, 5) is 16.8. The van der Waals surface area contributed by atoms with Crippen LogP contribution >= 0.6 is 0 Å². The van der Waals surface area contributed by atoms with Crippen molar-refractivity contribution in [3.05, 3.63) is 66.1 Å². The molecule has 6 nitrogen and oxygen atoms in total. The van der Waals surface area contributed by atoms with Gasteiger partial charge >= 0.3 is 0 Å². The van der Waals surface area contributed by atoms with Crippen LogP contribution in [0.25, 0.3) is 11.5 Å². The monoisotopic (exact) mass is 364 g/mol. The van der Waals surface area contributed by atoms with E-state index in [1.165, 1.54) is 0 Å². The number of amides is 1. The lowest BCUT2D eigenvalue weighted by Crippen LogP contribution is -2.41. The average molecular weight is 364 g/mol. The Labute approximate surface area is 157 Å². The molecule has 0 radical (unpaired) electrons. The van der Waals surface area contributed by atoms with E-state index in [4.69, 9.17) is 13.9 Å². The third-order valence-electron chi connectivity index (χ3n) is 4.34. The van der Waals surface area contributed by atoms with Gasteiger partial charge in [0.05, 0.1) is 18.7 Å². The minimum Gasteiger partial charge on any atom is -0.486 e. The van der Waals surface area contributed by atoms with Gasteiger partial charge in [0, 0.05) is 5.56 Å². The first-order valence-electron chi connectivity index (χ1n) is 8.86. The van der Waals surface area contributed by atoms with E-state index >= 15 is 0 Å². The summed E-state index contributed by atoms with van der Waals surface area (Å²) in [5.41, 5.74) is 1.52. The maximum Gasteiger partial charge on any atom is 0.226 e. The van der Waals surface area contributed by atoms with E-state index in [0.29, 0.717) is 36.2 Å². The van der Waals surface area contributed by atoms with Crippen molar-refractivity contribution in [3.8, 4) is 23.0 Å². The van der Waals surface area contributed by atoms with E-state index < -0.39 is 0 Å². The van der Waals surface area contributed by atoms with Crippen LogP contribution in [-0.4, -0.2) is 30.1 Å². The standard InChI is InChI=1S/C21H20N2O4/c1-14-17(23-21(26-14)15-7-3-2-4-8-15)11-20(24)22-12-16-13-25-18-9-5-6-10-19(18)27-16/h2-10,16H,11-13H2,1H3,(H,22,24). The minimum atomic E-state index is -0.220. The van der Waals surface area contributed by atoms with Gasteiger partial charge in [-0.25, -0.2) is 4.98 Å². The van der Waals surface area contributed by atoms with Gasteiger partial charge in [0.25, 0.3) is 0 Å². The number of carbonyl (C=O) groups is 1. The van der Waals surface area contributed by atoms with Crippen LogP contribution in [0.2, 0.25) is 0 Å². The number of oxazole rings is 1. The van der Waals surface area contributed by atoms with Gasteiger partial charge in [-0.3, -0.25) is 4.79 Å². The molecule has 0 saturated carbocycles. The summed E-state index contributed by atoms with van der Waals surface area (Å²) in [5.74, 6) is 2.47. The summed E-state index contributed by atoms with van der Waals surface area (Å²) in [6, 6.07) is 17.1. The van der Waals surface area contributed by atoms with Gasteiger partial charge in [0.2, 0.25) is 11.8 Å². The summed E-state index contributed by atoms with van der Waals surface area (Å²) in [6.45, 7) is 2.59. The quantitative estimate of drug-likeness (QED) is 0.753. The van der Waals surface area contributed by atoms with Crippen molar-refractivity contribution in [2.45, 2.75) is 19.4 Å². The topological polar surface area (TPSA) is 73.6 Å². The molecule has 6 heteroatoms. The molecule has 2 heterocycles. The SMILES string of the molecule is Cc1oc(-c2ccccc2)nc1CC(=O)NCC1COc2ccccc2O1. The van der Waals surface area contributed by atoms with Crippen LogP contribution in [0.1, 0.15) is 11.5 Å². The second-order valence-electron chi connectivity index (χ2n) is 6.37. The van der Waals surface area contributed by atoms with Crippen LogP contribution < -0.4 is 14.8 Å². The number of hydrogen-bond acceptors (Lipinski definition) is 5. The van der Waals surface area contributed by atoms with Gasteiger partial charge in [0.15, 0.2) is 11.5 Å². The van der Waals surface area contributed by atoms with E-state index in [0.717, 1.165) is 11.3 Å². The highest BCUT2D eigenvalue weighted by Crippen LogP contribution is 2.30. The Bertz CT molecular complexity index is 936. The molecule has 27 heavy (non-hydrogen) atoms. The highest BCUT2D eigenvalue weighted by molar-refractivity contribution is 5.78. The van der Waals surface area contributed by atoms with E-state index in [9.17, 15) is 4.79 Å². The maximum atomic E-state index is 12.3. The fourth-order valence-electron chi connectivity index (χ4n) is 2.90. The molecule has 2 aromatic carbocycles. The predicted octanol–water partition coefficient (Wildman–Crippen LogP) is 3.15. The molecule has 3 aromatic rings. The Kier molecular flexibility index (Phi) is 4.78. The molecule has 0 aliphatic carbocycles. The number of aryl methyl sites for hydroxylation is 1. The molecule has 0 spiro atoms. The van der Waals surface area contributed by atoms with Gasteiger partial charge < -0.3 is 19.2 Å². The van der Waals surface area contributed by atoms with Gasteiger partial charge in [-0.2, -0.15) is 0 Å². The third-order valence-corrected chi connectivity index (χ3v) is 4.34. The molecule has 1 atom stereocenters. The Hall–Kier alpha value is -3.28. The zero-order valence-corrected chi connectivity index (χ0v) is 15.0. The first-order valence-corrected chi connectivity index (χ1v) is 8.86. The van der Waals surface area contributed by atoms with E-state index in [1.807, 2.05) is 61.5 Å². The molecular formula is C21H20N2O4. The highest BCUT2D eigenvalue weighted by atomic mass is 16.6. The summed E-state index contributed by atoms with van der Waals surface area (Å²) in [5, 5.41) is 2.88. The number of carbonyl (C=O) groups excluding carboxylic acids is 1. The molecule has 4 rings (SSSR count). The fourth-order valence-corrected chi connectivity index (χ4v) is 2.90. The van der Waals surface area contributed by atoms with Gasteiger partial charge in [-0.1, -0.05) is 30.3 Å².